The molecule has 2 saturated carbocycles. The predicted molar refractivity (Wildman–Crippen MR) is 146 cm³/mol. The summed E-state index contributed by atoms with van der Waals surface area (Å²) in [5.74, 6) is -4.57. The van der Waals surface area contributed by atoms with Gasteiger partial charge >= 0.3 is 5.97 Å². The molecule has 2 fully saturated rings. The number of benzene rings is 2. The number of hydrogen-bond donors (Lipinski definition) is 0. The van der Waals surface area contributed by atoms with Crippen molar-refractivity contribution in [2.24, 2.45) is 11.8 Å². The molecule has 6 heteroatoms. The van der Waals surface area contributed by atoms with Crippen molar-refractivity contribution in [3.8, 4) is 5.75 Å². The molecule has 0 saturated heterocycles. The van der Waals surface area contributed by atoms with E-state index in [-0.39, 0.29) is 17.6 Å². The van der Waals surface area contributed by atoms with Crippen LogP contribution in [-0.4, -0.2) is 5.97 Å². The largest absolute Gasteiger partial charge is 0.423 e. The van der Waals surface area contributed by atoms with E-state index in [2.05, 4.69) is 13.8 Å². The minimum Gasteiger partial charge on any atom is -0.423 e. The third kappa shape index (κ3) is 7.05. The Morgan fingerprint density at radius 2 is 1.31 bits per heavy atom. The summed E-state index contributed by atoms with van der Waals surface area (Å²) < 4.78 is 64.7. The average molecular weight is 547 g/mol. The van der Waals surface area contributed by atoms with Crippen LogP contribution in [-0.2, 0) is 11.2 Å². The summed E-state index contributed by atoms with van der Waals surface area (Å²) in [6.45, 7) is 4.23. The van der Waals surface area contributed by atoms with E-state index < -0.39 is 35.2 Å². The van der Waals surface area contributed by atoms with Crippen LogP contribution in [0.15, 0.2) is 24.3 Å². The first kappa shape index (κ1) is 29.6. The number of carbonyl (C=O) groups is 1. The van der Waals surface area contributed by atoms with Gasteiger partial charge in [0.25, 0.3) is 0 Å². The first-order chi connectivity index (χ1) is 18.8. The van der Waals surface area contributed by atoms with Crippen LogP contribution in [0.3, 0.4) is 0 Å². The fourth-order valence-corrected chi connectivity index (χ4v) is 6.62. The highest BCUT2D eigenvalue weighted by atomic mass is 19.2. The monoisotopic (exact) mass is 546 g/mol. The molecule has 0 heterocycles. The van der Waals surface area contributed by atoms with Gasteiger partial charge in [-0.15, -0.1) is 0 Å². The van der Waals surface area contributed by atoms with Gasteiger partial charge < -0.3 is 4.74 Å². The van der Waals surface area contributed by atoms with Crippen LogP contribution in [0.1, 0.15) is 126 Å². The number of aryl methyl sites for hydroxylation is 1. The maximum atomic E-state index is 15.0. The van der Waals surface area contributed by atoms with Gasteiger partial charge in [-0.3, -0.25) is 4.79 Å². The molecule has 0 N–H and O–H groups in total. The summed E-state index contributed by atoms with van der Waals surface area (Å²) in [6.07, 6.45) is 11.2. The van der Waals surface area contributed by atoms with Gasteiger partial charge in [-0.2, -0.15) is 4.39 Å². The second-order valence-corrected chi connectivity index (χ2v) is 11.7. The Bertz CT molecular complexity index is 1120. The van der Waals surface area contributed by atoms with E-state index in [0.29, 0.717) is 54.7 Å². The molecule has 2 nitrogen and oxygen atoms in total. The van der Waals surface area contributed by atoms with Crippen LogP contribution in [0.5, 0.6) is 5.75 Å². The maximum Gasteiger partial charge on any atom is 0.314 e. The van der Waals surface area contributed by atoms with Crippen molar-refractivity contribution < 1.29 is 27.1 Å². The first-order valence-corrected chi connectivity index (χ1v) is 15.0. The van der Waals surface area contributed by atoms with E-state index >= 15 is 0 Å². The Hall–Kier alpha value is -2.37. The predicted octanol–water partition coefficient (Wildman–Crippen LogP) is 9.93. The molecule has 39 heavy (non-hydrogen) atoms. The molecule has 0 aliphatic heterocycles. The highest BCUT2D eigenvalue weighted by Crippen LogP contribution is 2.41. The van der Waals surface area contributed by atoms with Gasteiger partial charge in [-0.1, -0.05) is 57.7 Å². The van der Waals surface area contributed by atoms with Crippen LogP contribution in [0, 0.1) is 35.1 Å². The summed E-state index contributed by atoms with van der Waals surface area (Å²) in [7, 11) is 0. The van der Waals surface area contributed by atoms with Gasteiger partial charge in [0.2, 0.25) is 5.82 Å². The lowest BCUT2D eigenvalue weighted by Gasteiger charge is -2.29. The quantitative estimate of drug-likeness (QED) is 0.128. The van der Waals surface area contributed by atoms with Crippen LogP contribution in [0.4, 0.5) is 17.6 Å². The van der Waals surface area contributed by atoms with Crippen molar-refractivity contribution in [2.75, 3.05) is 0 Å². The van der Waals surface area contributed by atoms with Crippen molar-refractivity contribution >= 4 is 5.97 Å². The molecule has 0 aromatic heterocycles. The number of esters is 1. The van der Waals surface area contributed by atoms with E-state index in [1.165, 1.54) is 12.5 Å². The standard InChI is InChI=1S/C33H42F4O2/c1-3-5-6-8-24-17-18-26(30(35)29(24)34)23-13-15-25(16-14-23)33(38)39-28-20-19-27(31(36)32(28)37)22-11-9-21(7-4-2)10-12-22/h17-23,25H,3-16H2,1-2H3. The zero-order valence-corrected chi connectivity index (χ0v) is 23.3. The number of unbranched alkanes of at least 4 members (excludes halogenated alkanes) is 2. The van der Waals surface area contributed by atoms with E-state index in [9.17, 15) is 22.4 Å². The van der Waals surface area contributed by atoms with Crippen LogP contribution in [0.25, 0.3) is 0 Å². The lowest BCUT2D eigenvalue weighted by Crippen LogP contribution is -2.26. The number of ether oxygens (including phenoxy) is 1. The molecule has 0 amide bonds. The SMILES string of the molecule is CCCCCc1ccc(C2CCC(C(=O)Oc3ccc(C4CCC(CCC)CC4)c(F)c3F)CC2)c(F)c1F. The van der Waals surface area contributed by atoms with Crippen molar-refractivity contribution in [1.29, 1.82) is 0 Å². The fourth-order valence-electron chi connectivity index (χ4n) is 6.62. The maximum absolute atomic E-state index is 15.0. The summed E-state index contributed by atoms with van der Waals surface area (Å²) in [6, 6.07) is 6.29. The minimum absolute atomic E-state index is 0.0109. The van der Waals surface area contributed by atoms with E-state index in [1.807, 2.05) is 0 Å². The molecule has 0 atom stereocenters. The average Bonchev–Trinajstić information content (AvgIpc) is 2.95. The molecule has 2 aromatic rings. The third-order valence-corrected chi connectivity index (χ3v) is 9.01. The smallest absolute Gasteiger partial charge is 0.314 e. The molecule has 4 rings (SSSR count). The van der Waals surface area contributed by atoms with Gasteiger partial charge in [0, 0.05) is 0 Å². The number of carbonyl (C=O) groups excluding carboxylic acids is 1. The molecule has 0 bridgehead atoms. The van der Waals surface area contributed by atoms with Crippen molar-refractivity contribution in [1.82, 2.24) is 0 Å². The van der Waals surface area contributed by atoms with E-state index in [0.717, 1.165) is 51.4 Å². The van der Waals surface area contributed by atoms with Crippen LogP contribution < -0.4 is 4.74 Å². The summed E-state index contributed by atoms with van der Waals surface area (Å²) in [5.41, 5.74) is 1.13. The lowest BCUT2D eigenvalue weighted by molar-refractivity contribution is -0.140. The number of hydrogen-bond acceptors (Lipinski definition) is 2. The second kappa shape index (κ2) is 13.8. The molecule has 2 aliphatic carbocycles. The Labute approximate surface area is 230 Å². The summed E-state index contributed by atoms with van der Waals surface area (Å²) in [5, 5.41) is 0. The van der Waals surface area contributed by atoms with Gasteiger partial charge in [0.05, 0.1) is 5.92 Å². The molecule has 0 radical (unpaired) electrons. The van der Waals surface area contributed by atoms with E-state index in [4.69, 9.17) is 4.74 Å². The van der Waals surface area contributed by atoms with Gasteiger partial charge in [0.1, 0.15) is 0 Å². The Balaban J connectivity index is 1.33. The fraction of sp³-hybridized carbons (Fsp3) is 0.606. The molecule has 214 valence electrons. The van der Waals surface area contributed by atoms with Crippen molar-refractivity contribution in [3.05, 3.63) is 64.2 Å². The molecule has 0 spiro atoms. The van der Waals surface area contributed by atoms with E-state index in [1.54, 1.807) is 18.2 Å². The number of rotatable bonds is 10. The van der Waals surface area contributed by atoms with Crippen LogP contribution >= 0.6 is 0 Å². The summed E-state index contributed by atoms with van der Waals surface area (Å²) in [4.78, 5) is 12.8. The highest BCUT2D eigenvalue weighted by Gasteiger charge is 2.32. The highest BCUT2D eigenvalue weighted by molar-refractivity contribution is 5.75. The van der Waals surface area contributed by atoms with Crippen molar-refractivity contribution in [3.63, 3.8) is 0 Å². The Morgan fingerprint density at radius 3 is 1.92 bits per heavy atom. The molecular formula is C33H42F4O2. The second-order valence-electron chi connectivity index (χ2n) is 11.7. The zero-order chi connectivity index (χ0) is 27.9. The minimum atomic E-state index is -1.11. The first-order valence-electron chi connectivity index (χ1n) is 15.0. The lowest BCUT2D eigenvalue weighted by atomic mass is 9.77. The zero-order valence-electron chi connectivity index (χ0n) is 23.3. The van der Waals surface area contributed by atoms with Gasteiger partial charge in [0.15, 0.2) is 23.2 Å². The Morgan fingerprint density at radius 1 is 0.718 bits per heavy atom. The third-order valence-electron chi connectivity index (χ3n) is 9.01. The molecule has 2 aliphatic rings. The Kier molecular flexibility index (Phi) is 10.5. The topological polar surface area (TPSA) is 26.3 Å². The van der Waals surface area contributed by atoms with Gasteiger partial charge in [-0.05, 0) is 105 Å². The van der Waals surface area contributed by atoms with Crippen molar-refractivity contribution in [2.45, 2.75) is 116 Å². The summed E-state index contributed by atoms with van der Waals surface area (Å²) >= 11 is 0. The molecular weight excluding hydrogens is 504 g/mol. The molecule has 0 unspecified atom stereocenters. The number of halogens is 4. The molecule has 2 aromatic carbocycles. The van der Waals surface area contributed by atoms with Crippen LogP contribution in [0.2, 0.25) is 0 Å². The normalized spacial score (nSPS) is 23.5. The van der Waals surface area contributed by atoms with Gasteiger partial charge in [-0.25, -0.2) is 13.2 Å².